The maximum atomic E-state index is 5.33. The van der Waals surface area contributed by atoms with Gasteiger partial charge in [-0.15, -0.1) is 0 Å². The molecular formula is C8H17NO2. The summed E-state index contributed by atoms with van der Waals surface area (Å²) in [6.07, 6.45) is 0.904. The first-order valence-corrected chi connectivity index (χ1v) is 4.06. The molecule has 1 heterocycles. The van der Waals surface area contributed by atoms with Crippen LogP contribution in [0, 0.1) is 0 Å². The number of nitrogens with one attached hydrogen (secondary N) is 1. The Morgan fingerprint density at radius 1 is 1.36 bits per heavy atom. The minimum Gasteiger partial charge on any atom is -0.350 e. The van der Waals surface area contributed by atoms with Gasteiger partial charge in [-0.1, -0.05) is 0 Å². The third-order valence-corrected chi connectivity index (χ3v) is 2.04. The van der Waals surface area contributed by atoms with Gasteiger partial charge in [0.1, 0.15) is 0 Å². The topological polar surface area (TPSA) is 30.5 Å². The lowest BCUT2D eigenvalue weighted by atomic mass is 10.0. The van der Waals surface area contributed by atoms with Crippen molar-refractivity contribution in [2.24, 2.45) is 0 Å². The van der Waals surface area contributed by atoms with E-state index in [-0.39, 0.29) is 11.8 Å². The standard InChI is InChI=1S/C8H17NO2/c1-8(2,9-3)6-7-10-4-5-11-7/h7,9H,4-6H2,1-3H3. The first-order chi connectivity index (χ1) is 5.14. The predicted octanol–water partition coefficient (Wildman–Crippen LogP) is 0.747. The summed E-state index contributed by atoms with van der Waals surface area (Å²) in [7, 11) is 1.95. The fourth-order valence-corrected chi connectivity index (χ4v) is 1.04. The van der Waals surface area contributed by atoms with Gasteiger partial charge in [0.25, 0.3) is 0 Å². The van der Waals surface area contributed by atoms with Gasteiger partial charge >= 0.3 is 0 Å². The Bertz CT molecular complexity index is 119. The quantitative estimate of drug-likeness (QED) is 0.659. The summed E-state index contributed by atoms with van der Waals surface area (Å²) in [5, 5.41) is 3.21. The van der Waals surface area contributed by atoms with Crippen molar-refractivity contribution in [1.82, 2.24) is 5.32 Å². The van der Waals surface area contributed by atoms with Crippen LogP contribution in [0.3, 0.4) is 0 Å². The van der Waals surface area contributed by atoms with E-state index in [0.29, 0.717) is 0 Å². The molecule has 66 valence electrons. The molecule has 3 heteroatoms. The zero-order chi connectivity index (χ0) is 8.32. The van der Waals surface area contributed by atoms with E-state index in [1.807, 2.05) is 7.05 Å². The molecule has 0 spiro atoms. The van der Waals surface area contributed by atoms with Crippen molar-refractivity contribution >= 4 is 0 Å². The Balaban J connectivity index is 2.28. The summed E-state index contributed by atoms with van der Waals surface area (Å²) in [6, 6.07) is 0. The SMILES string of the molecule is CNC(C)(C)CC1OCCO1. The molecule has 1 N–H and O–H groups in total. The zero-order valence-corrected chi connectivity index (χ0v) is 7.52. The van der Waals surface area contributed by atoms with E-state index < -0.39 is 0 Å². The lowest BCUT2D eigenvalue weighted by Crippen LogP contribution is -2.39. The number of rotatable bonds is 3. The minimum absolute atomic E-state index is 0.00236. The summed E-state index contributed by atoms with van der Waals surface area (Å²) in [4.78, 5) is 0. The summed E-state index contributed by atoms with van der Waals surface area (Å²) in [5.41, 5.74) is 0.106. The molecule has 0 aromatic carbocycles. The lowest BCUT2D eigenvalue weighted by molar-refractivity contribution is -0.0600. The van der Waals surface area contributed by atoms with Gasteiger partial charge in [-0.05, 0) is 20.9 Å². The highest BCUT2D eigenvalue weighted by Crippen LogP contribution is 2.17. The van der Waals surface area contributed by atoms with Crippen molar-refractivity contribution in [3.05, 3.63) is 0 Å². The van der Waals surface area contributed by atoms with Crippen LogP contribution in [0.15, 0.2) is 0 Å². The molecule has 1 aliphatic rings. The summed E-state index contributed by atoms with van der Waals surface area (Å²) >= 11 is 0. The maximum absolute atomic E-state index is 5.33. The Kier molecular flexibility index (Phi) is 2.87. The molecule has 0 saturated carbocycles. The molecule has 0 radical (unpaired) electrons. The molecule has 0 aromatic rings. The van der Waals surface area contributed by atoms with Gasteiger partial charge in [0.2, 0.25) is 0 Å². The van der Waals surface area contributed by atoms with Crippen molar-refractivity contribution in [3.63, 3.8) is 0 Å². The van der Waals surface area contributed by atoms with Gasteiger partial charge in [0.15, 0.2) is 6.29 Å². The van der Waals surface area contributed by atoms with Crippen LogP contribution in [0.1, 0.15) is 20.3 Å². The molecule has 1 saturated heterocycles. The largest absolute Gasteiger partial charge is 0.350 e. The third-order valence-electron chi connectivity index (χ3n) is 2.04. The fourth-order valence-electron chi connectivity index (χ4n) is 1.04. The second-order valence-corrected chi connectivity index (χ2v) is 3.51. The summed E-state index contributed by atoms with van der Waals surface area (Å²) in [6.45, 7) is 5.75. The van der Waals surface area contributed by atoms with Crippen LogP contribution in [-0.4, -0.2) is 32.1 Å². The molecule has 11 heavy (non-hydrogen) atoms. The zero-order valence-electron chi connectivity index (χ0n) is 7.52. The molecule has 1 rings (SSSR count). The monoisotopic (exact) mass is 159 g/mol. The van der Waals surface area contributed by atoms with Crippen LogP contribution in [0.2, 0.25) is 0 Å². The normalized spacial score (nSPS) is 21.0. The highest BCUT2D eigenvalue weighted by Gasteiger charge is 2.25. The van der Waals surface area contributed by atoms with Crippen LogP contribution >= 0.6 is 0 Å². The second kappa shape index (κ2) is 3.52. The molecule has 0 bridgehead atoms. The van der Waals surface area contributed by atoms with E-state index >= 15 is 0 Å². The molecule has 0 amide bonds. The summed E-state index contributed by atoms with van der Waals surface area (Å²) in [5.74, 6) is 0. The predicted molar refractivity (Wildman–Crippen MR) is 43.4 cm³/mol. The number of ether oxygens (including phenoxy) is 2. The molecule has 0 unspecified atom stereocenters. The van der Waals surface area contributed by atoms with Crippen LogP contribution in [0.4, 0.5) is 0 Å². The molecule has 1 fully saturated rings. The lowest BCUT2D eigenvalue weighted by Gasteiger charge is -2.26. The number of hydrogen-bond acceptors (Lipinski definition) is 3. The second-order valence-electron chi connectivity index (χ2n) is 3.51. The van der Waals surface area contributed by atoms with Crippen LogP contribution in [0.5, 0.6) is 0 Å². The van der Waals surface area contributed by atoms with Crippen LogP contribution in [-0.2, 0) is 9.47 Å². The average molecular weight is 159 g/mol. The smallest absolute Gasteiger partial charge is 0.159 e. The van der Waals surface area contributed by atoms with Crippen molar-refractivity contribution in [2.45, 2.75) is 32.1 Å². The Morgan fingerprint density at radius 2 is 1.91 bits per heavy atom. The number of hydrogen-bond donors (Lipinski definition) is 1. The highest BCUT2D eigenvalue weighted by molar-refractivity contribution is 4.77. The Morgan fingerprint density at radius 3 is 2.36 bits per heavy atom. The van der Waals surface area contributed by atoms with Gasteiger partial charge in [0.05, 0.1) is 13.2 Å². The third kappa shape index (κ3) is 2.77. The van der Waals surface area contributed by atoms with Gasteiger partial charge in [-0.25, -0.2) is 0 Å². The molecule has 0 aromatic heterocycles. The van der Waals surface area contributed by atoms with Crippen molar-refractivity contribution < 1.29 is 9.47 Å². The van der Waals surface area contributed by atoms with E-state index in [9.17, 15) is 0 Å². The highest BCUT2D eigenvalue weighted by atomic mass is 16.7. The van der Waals surface area contributed by atoms with Gasteiger partial charge < -0.3 is 14.8 Å². The summed E-state index contributed by atoms with van der Waals surface area (Å²) < 4.78 is 10.7. The van der Waals surface area contributed by atoms with Gasteiger partial charge in [-0.3, -0.25) is 0 Å². The molecular weight excluding hydrogens is 142 g/mol. The van der Waals surface area contributed by atoms with E-state index in [1.54, 1.807) is 0 Å². The minimum atomic E-state index is -0.00236. The first-order valence-electron chi connectivity index (χ1n) is 4.06. The van der Waals surface area contributed by atoms with Crippen LogP contribution < -0.4 is 5.32 Å². The Labute approximate surface area is 68.1 Å². The molecule has 0 aliphatic carbocycles. The van der Waals surface area contributed by atoms with Crippen molar-refractivity contribution in [3.8, 4) is 0 Å². The molecule has 0 atom stereocenters. The maximum Gasteiger partial charge on any atom is 0.159 e. The Hall–Kier alpha value is -0.120. The first kappa shape index (κ1) is 8.97. The molecule has 3 nitrogen and oxygen atoms in total. The van der Waals surface area contributed by atoms with E-state index in [0.717, 1.165) is 19.6 Å². The van der Waals surface area contributed by atoms with Gasteiger partial charge in [0, 0.05) is 12.0 Å². The van der Waals surface area contributed by atoms with E-state index in [1.165, 1.54) is 0 Å². The molecule has 1 aliphatic heterocycles. The fraction of sp³-hybridized carbons (Fsp3) is 1.00. The van der Waals surface area contributed by atoms with E-state index in [4.69, 9.17) is 9.47 Å². The van der Waals surface area contributed by atoms with Crippen LogP contribution in [0.25, 0.3) is 0 Å². The van der Waals surface area contributed by atoms with Crippen molar-refractivity contribution in [1.29, 1.82) is 0 Å². The van der Waals surface area contributed by atoms with Gasteiger partial charge in [-0.2, -0.15) is 0 Å². The average Bonchev–Trinajstić information content (AvgIpc) is 2.39. The van der Waals surface area contributed by atoms with Crippen molar-refractivity contribution in [2.75, 3.05) is 20.3 Å². The van der Waals surface area contributed by atoms with E-state index in [2.05, 4.69) is 19.2 Å².